The number of aryl methyl sites for hydroxylation is 2. The average Bonchev–Trinajstić information content (AvgIpc) is 3.90. The number of fused-ring (bicyclic) bond motifs is 3. The maximum atomic E-state index is 16.2. The molecule has 2 aliphatic carbocycles. The van der Waals surface area contributed by atoms with Crippen LogP contribution in [0.2, 0.25) is 0 Å². The van der Waals surface area contributed by atoms with Crippen LogP contribution in [-0.4, -0.2) is 50.7 Å². The molecule has 1 fully saturated rings. The number of carbonyl (C=O) groups excluding carboxylic acids is 1. The van der Waals surface area contributed by atoms with Crippen molar-refractivity contribution >= 4 is 21.6 Å². The van der Waals surface area contributed by atoms with E-state index in [0.29, 0.717) is 24.9 Å². The summed E-state index contributed by atoms with van der Waals surface area (Å²) in [5, 5.41) is 7.96. The van der Waals surface area contributed by atoms with Crippen LogP contribution in [0.25, 0.3) is 0 Å². The van der Waals surface area contributed by atoms with Crippen LogP contribution >= 0.6 is 0 Å². The molecule has 2 N–H and O–H groups in total. The second-order valence-electron chi connectivity index (χ2n) is 14.6. The van der Waals surface area contributed by atoms with Gasteiger partial charge in [-0.05, 0) is 96.5 Å². The Labute approximate surface area is 305 Å². The Bertz CT molecular complexity index is 2150. The van der Waals surface area contributed by atoms with E-state index in [1.54, 1.807) is 10.9 Å². The molecule has 9 nitrogen and oxygen atoms in total. The highest BCUT2D eigenvalue weighted by molar-refractivity contribution is 7.92. The zero-order valence-corrected chi connectivity index (χ0v) is 30.3. The van der Waals surface area contributed by atoms with Crippen molar-refractivity contribution < 1.29 is 13.7 Å². The molecule has 0 spiro atoms. The van der Waals surface area contributed by atoms with Gasteiger partial charge in [-0.15, -0.1) is 0 Å². The summed E-state index contributed by atoms with van der Waals surface area (Å²) in [5.74, 6) is 0.701. The molecule has 0 radical (unpaired) electrons. The minimum atomic E-state index is -3.82. The van der Waals surface area contributed by atoms with Crippen LogP contribution in [0.5, 0.6) is 5.88 Å². The largest absolute Gasteiger partial charge is 0.475 e. The zero-order chi connectivity index (χ0) is 35.3. The Morgan fingerprint density at radius 3 is 2.15 bits per heavy atom. The van der Waals surface area contributed by atoms with Gasteiger partial charge in [-0.2, -0.15) is 9.46 Å². The molecular formula is C42H44N6O3S. The number of benzene rings is 4. The van der Waals surface area contributed by atoms with E-state index in [2.05, 4.69) is 27.9 Å². The molecule has 0 saturated carbocycles. The van der Waals surface area contributed by atoms with E-state index in [1.807, 2.05) is 91.0 Å². The van der Waals surface area contributed by atoms with Crippen LogP contribution in [-0.2, 0) is 41.3 Å². The average molecular weight is 713 g/mol. The van der Waals surface area contributed by atoms with Gasteiger partial charge in [0.2, 0.25) is 5.88 Å². The number of likely N-dealkylation sites (tertiary alicyclic amines) is 1. The van der Waals surface area contributed by atoms with Gasteiger partial charge < -0.3 is 10.1 Å². The number of aromatic nitrogens is 2. The topological polar surface area (TPSA) is 101 Å². The molecule has 1 saturated heterocycles. The summed E-state index contributed by atoms with van der Waals surface area (Å²) in [7, 11) is -3.82. The van der Waals surface area contributed by atoms with Gasteiger partial charge >= 0.3 is 6.03 Å². The second-order valence-corrected chi connectivity index (χ2v) is 16.5. The predicted octanol–water partition coefficient (Wildman–Crippen LogP) is 7.44. The van der Waals surface area contributed by atoms with E-state index in [9.17, 15) is 4.79 Å². The van der Waals surface area contributed by atoms with Crippen molar-refractivity contribution in [3.63, 3.8) is 0 Å². The minimum Gasteiger partial charge on any atom is -0.475 e. The lowest BCUT2D eigenvalue weighted by Gasteiger charge is -2.40. The molecule has 52 heavy (non-hydrogen) atoms. The summed E-state index contributed by atoms with van der Waals surface area (Å²) in [6.07, 6.45) is 7.77. The fraction of sp³-hybridized carbons (Fsp3) is 0.333. The zero-order valence-electron chi connectivity index (χ0n) is 29.5. The minimum absolute atomic E-state index is 0.180. The Hall–Kier alpha value is -4.93. The highest BCUT2D eigenvalue weighted by Gasteiger charge is 2.41. The first kappa shape index (κ1) is 32.9. The van der Waals surface area contributed by atoms with Crippen molar-refractivity contribution in [1.82, 2.24) is 19.4 Å². The molecule has 2 aliphatic heterocycles. The first-order valence-electron chi connectivity index (χ1n) is 18.6. The summed E-state index contributed by atoms with van der Waals surface area (Å²) < 4.78 is 32.8. The number of hydrogen-bond acceptors (Lipinski definition) is 6. The van der Waals surface area contributed by atoms with Gasteiger partial charge in [0.1, 0.15) is 17.0 Å². The van der Waals surface area contributed by atoms with Crippen LogP contribution in [0, 0.1) is 0 Å². The Balaban J connectivity index is 1.23. The van der Waals surface area contributed by atoms with Crippen molar-refractivity contribution in [3.05, 3.63) is 142 Å². The van der Waals surface area contributed by atoms with Crippen molar-refractivity contribution in [1.29, 1.82) is 0 Å². The molecule has 4 aliphatic rings. The van der Waals surface area contributed by atoms with Crippen LogP contribution in [0.4, 0.5) is 10.5 Å². The highest BCUT2D eigenvalue weighted by atomic mass is 32.2. The van der Waals surface area contributed by atoms with E-state index in [4.69, 9.17) is 14.2 Å². The van der Waals surface area contributed by atoms with Gasteiger partial charge in [0.25, 0.3) is 0 Å². The number of hydrogen-bond donors (Lipinski definition) is 2. The fourth-order valence-electron chi connectivity index (χ4n) is 8.71. The Kier molecular flexibility index (Phi) is 8.39. The quantitative estimate of drug-likeness (QED) is 0.163. The third-order valence-electron chi connectivity index (χ3n) is 11.4. The molecule has 10 heteroatoms. The molecule has 4 aromatic carbocycles. The lowest BCUT2D eigenvalue weighted by molar-refractivity contribution is 0.0417. The number of nitrogens with zero attached hydrogens (tertiary/aromatic N) is 4. The number of amides is 2. The van der Waals surface area contributed by atoms with Gasteiger partial charge in [-0.1, -0.05) is 104 Å². The Morgan fingerprint density at radius 1 is 0.885 bits per heavy atom. The normalized spacial score (nSPS) is 20.4. The summed E-state index contributed by atoms with van der Waals surface area (Å²) in [6.45, 7) is 5.35. The number of carbonyl (C=O) groups is 1. The third kappa shape index (κ3) is 5.60. The number of nitrogens with one attached hydrogen (secondary N) is 2. The number of anilines is 1. The van der Waals surface area contributed by atoms with E-state index in [0.717, 1.165) is 67.6 Å². The van der Waals surface area contributed by atoms with Crippen molar-refractivity contribution in [2.45, 2.75) is 74.4 Å². The van der Waals surface area contributed by atoms with Crippen molar-refractivity contribution in [2.75, 3.05) is 25.0 Å². The number of ether oxygens (including phenoxy) is 1. The van der Waals surface area contributed by atoms with Crippen LogP contribution in [0.15, 0.2) is 113 Å². The molecule has 0 bridgehead atoms. The summed E-state index contributed by atoms with van der Waals surface area (Å²) >= 11 is 0. The highest BCUT2D eigenvalue weighted by Crippen LogP contribution is 2.45. The molecule has 1 aromatic heterocycles. The van der Waals surface area contributed by atoms with Gasteiger partial charge in [-0.25, -0.2) is 18.4 Å². The molecule has 2 amide bonds. The number of urea groups is 1. The molecule has 266 valence electrons. The van der Waals surface area contributed by atoms with Crippen LogP contribution < -0.4 is 14.8 Å². The second kappa shape index (κ2) is 13.2. The van der Waals surface area contributed by atoms with Crippen molar-refractivity contribution in [2.24, 2.45) is 4.36 Å². The molecule has 9 rings (SSSR count). The van der Waals surface area contributed by atoms with Gasteiger partial charge in [0.15, 0.2) is 9.92 Å². The fourth-order valence-corrected chi connectivity index (χ4v) is 10.6. The summed E-state index contributed by atoms with van der Waals surface area (Å²) in [4.78, 5) is 17.2. The number of rotatable bonds is 8. The Morgan fingerprint density at radius 2 is 1.54 bits per heavy atom. The molecule has 5 aromatic rings. The third-order valence-corrected chi connectivity index (χ3v) is 13.3. The maximum absolute atomic E-state index is 16.2. The maximum Gasteiger partial charge on any atom is 0.331 e. The standard InChI is InChI=1S/C42H44N6O3S/c1-29-21-22-31-25-30-13-11-20-36(30)39(38(29)31)44-41(49)45-52(50,37-26-43-48-27-35(28-51-40(37)48)47-23-12-24-47)46-42(32-14-5-2-6-15-32,33-16-7-3-8-17-33)34-18-9-4-10-19-34/h2-10,14-19,25-26,29,35H,11-13,20-24,27-28H2,1H3,(H2,44,45,46,49,50)/t29-,35?,52?/m0/s1. The van der Waals surface area contributed by atoms with E-state index < -0.39 is 21.5 Å². The van der Waals surface area contributed by atoms with Gasteiger partial charge in [0.05, 0.1) is 18.8 Å². The first-order valence-corrected chi connectivity index (χ1v) is 20.1. The smallest absolute Gasteiger partial charge is 0.331 e. The molecule has 3 heterocycles. The lowest BCUT2D eigenvalue weighted by Crippen LogP contribution is -2.51. The van der Waals surface area contributed by atoms with E-state index in [-0.39, 0.29) is 10.9 Å². The lowest BCUT2D eigenvalue weighted by atomic mass is 9.78. The summed E-state index contributed by atoms with van der Waals surface area (Å²) in [5.41, 5.74) is 7.05. The van der Waals surface area contributed by atoms with Gasteiger partial charge in [-0.3, -0.25) is 4.90 Å². The molecular weight excluding hydrogens is 669 g/mol. The van der Waals surface area contributed by atoms with Gasteiger partial charge in [0, 0.05) is 5.69 Å². The van der Waals surface area contributed by atoms with Crippen LogP contribution in [0.1, 0.15) is 71.0 Å². The van der Waals surface area contributed by atoms with E-state index in [1.165, 1.54) is 28.7 Å². The monoisotopic (exact) mass is 712 g/mol. The van der Waals surface area contributed by atoms with Crippen molar-refractivity contribution in [3.8, 4) is 5.88 Å². The summed E-state index contributed by atoms with van der Waals surface area (Å²) in [6, 6.07) is 31.6. The SMILES string of the molecule is C[C@H]1CCc2cc3c(c(NC(=O)NS(=O)(=NC(c4ccccc4)(c4ccccc4)c4ccccc4)c4cnn5c4OCC(N4CCC4)C5)c21)CCC3. The molecule has 2 unspecified atom stereocenters. The van der Waals surface area contributed by atoms with E-state index >= 15 is 4.21 Å². The molecule has 3 atom stereocenters. The first-order chi connectivity index (χ1) is 25.4. The van der Waals surface area contributed by atoms with Crippen LogP contribution in [0.3, 0.4) is 0 Å². The predicted molar refractivity (Wildman–Crippen MR) is 203 cm³/mol.